The number of hydrogen-bond acceptors (Lipinski definition) is 4. The van der Waals surface area contributed by atoms with E-state index >= 15 is 0 Å². The molecule has 1 saturated carbocycles. The lowest BCUT2D eigenvalue weighted by Crippen LogP contribution is -2.68. The monoisotopic (exact) mass is 659 g/mol. The number of aliphatic carboxylic acids is 1. The minimum absolute atomic E-state index is 0.0251. The average Bonchev–Trinajstić information content (AvgIpc) is 3.00. The fourth-order valence-corrected chi connectivity index (χ4v) is 7.53. The van der Waals surface area contributed by atoms with Gasteiger partial charge in [-0.05, 0) is 46.2 Å². The number of carbonyl (C=O) groups is 2. The van der Waals surface area contributed by atoms with Crippen LogP contribution >= 0.6 is 0 Å². The molecule has 2 bridgehead atoms. The van der Waals surface area contributed by atoms with Gasteiger partial charge in [-0.1, -0.05) is 61.5 Å². The van der Waals surface area contributed by atoms with Crippen LogP contribution in [0.25, 0.3) is 32.8 Å². The molecule has 1 amide bonds. The number of carbonyl (C=O) groups excluding carboxylic acids is 1. The van der Waals surface area contributed by atoms with Gasteiger partial charge in [-0.25, -0.2) is 4.79 Å². The number of amides is 1. The number of alkyl halides is 6. The van der Waals surface area contributed by atoms with E-state index in [2.05, 4.69) is 5.32 Å². The third-order valence-corrected chi connectivity index (χ3v) is 10.0. The van der Waals surface area contributed by atoms with Crippen molar-refractivity contribution in [3.05, 3.63) is 82.1 Å². The maximum atomic E-state index is 14.6. The predicted octanol–water partition coefficient (Wildman–Crippen LogP) is 6.01. The Bertz CT molecular complexity index is 1960. The fraction of sp³-hybridized carbons (Fsp3) is 0.382. The van der Waals surface area contributed by atoms with E-state index in [1.165, 1.54) is 42.3 Å². The lowest BCUT2D eigenvalue weighted by molar-refractivity contribution is -0.188. The van der Waals surface area contributed by atoms with Gasteiger partial charge in [-0.2, -0.15) is 26.3 Å². The number of halogens is 6. The van der Waals surface area contributed by atoms with Crippen LogP contribution in [0.3, 0.4) is 0 Å². The summed E-state index contributed by atoms with van der Waals surface area (Å²) in [6, 6.07) is 13.6. The zero-order chi connectivity index (χ0) is 34.1. The normalized spacial score (nSPS) is 22.2. The largest absolute Gasteiger partial charge is 0.480 e. The first-order chi connectivity index (χ1) is 22.0. The molecule has 13 heteroatoms. The number of nitrogens with one attached hydrogen (secondary N) is 1. The van der Waals surface area contributed by atoms with Crippen molar-refractivity contribution in [1.82, 2.24) is 14.8 Å². The van der Waals surface area contributed by atoms with E-state index in [1.54, 1.807) is 37.3 Å². The number of aryl methyl sites for hydroxylation is 1. The molecule has 1 aliphatic heterocycles. The van der Waals surface area contributed by atoms with Crippen LogP contribution in [0, 0.1) is 17.3 Å². The molecule has 3 aromatic carbocycles. The molecule has 2 fully saturated rings. The fourth-order valence-electron chi connectivity index (χ4n) is 7.53. The Morgan fingerprint density at radius 2 is 1.55 bits per heavy atom. The summed E-state index contributed by atoms with van der Waals surface area (Å²) < 4.78 is 83.9. The summed E-state index contributed by atoms with van der Waals surface area (Å²) in [4.78, 5) is 40.7. The molecule has 7 nitrogen and oxygen atoms in total. The number of aromatic nitrogens is 1. The number of rotatable bonds is 7. The summed E-state index contributed by atoms with van der Waals surface area (Å²) in [5.41, 5.74) is -2.93. The van der Waals surface area contributed by atoms with Crippen molar-refractivity contribution >= 4 is 33.6 Å². The molecule has 1 aliphatic carbocycles. The van der Waals surface area contributed by atoms with E-state index in [1.807, 2.05) is 0 Å². The number of carboxylic acids is 1. The van der Waals surface area contributed by atoms with Gasteiger partial charge in [0.1, 0.15) is 6.04 Å². The van der Waals surface area contributed by atoms with Gasteiger partial charge in [0.25, 0.3) is 5.56 Å². The van der Waals surface area contributed by atoms with Gasteiger partial charge in [-0.15, -0.1) is 0 Å². The third kappa shape index (κ3) is 5.64. The van der Waals surface area contributed by atoms with E-state index in [0.717, 1.165) is 4.57 Å². The SMILES string of the molecule is Cn1c(=O)c(-c2cccc3c(C[C@H](NC(=O)C4(C)C5CC4CN(CC(F)(F)F)C5)C(=O)O)cccc23)c(C(F)(F)F)c2ccccc21. The van der Waals surface area contributed by atoms with Crippen LogP contribution in [0.2, 0.25) is 0 Å². The first-order valence-corrected chi connectivity index (χ1v) is 15.0. The predicted molar refractivity (Wildman–Crippen MR) is 163 cm³/mol. The summed E-state index contributed by atoms with van der Waals surface area (Å²) in [6.45, 7) is 0.710. The van der Waals surface area contributed by atoms with Crippen LogP contribution in [0.4, 0.5) is 26.3 Å². The molecule has 2 heterocycles. The molecule has 3 atom stereocenters. The van der Waals surface area contributed by atoms with Crippen molar-refractivity contribution in [2.75, 3.05) is 19.6 Å². The molecule has 2 unspecified atom stereocenters. The van der Waals surface area contributed by atoms with Crippen LogP contribution in [0.5, 0.6) is 0 Å². The number of pyridine rings is 1. The number of hydrogen-bond donors (Lipinski definition) is 2. The van der Waals surface area contributed by atoms with E-state index < -0.39 is 58.9 Å². The van der Waals surface area contributed by atoms with Gasteiger partial charge in [0.2, 0.25) is 5.91 Å². The Morgan fingerprint density at radius 3 is 2.19 bits per heavy atom. The van der Waals surface area contributed by atoms with Gasteiger partial charge < -0.3 is 15.0 Å². The second kappa shape index (κ2) is 11.4. The number of carboxylic acid groups (broad SMARTS) is 1. The first-order valence-electron chi connectivity index (χ1n) is 15.0. The Morgan fingerprint density at radius 1 is 0.936 bits per heavy atom. The zero-order valence-electron chi connectivity index (χ0n) is 25.4. The quantitative estimate of drug-likeness (QED) is 0.237. The standard InChI is InChI=1S/C34H31F6N3O4/c1-32(19-14-20(32)16-43(15-19)17-33(35,36)37)31(47)41-25(30(45)46)13-18-7-5-10-22-21(18)9-6-11-23(22)27-28(34(38,39)40)24-8-3-4-12-26(24)42(2)29(27)44/h3-12,19-20,25H,13-17H2,1-2H3,(H,41,47)(H,45,46)/t19?,20?,25-,32?/m0/s1. The number of nitrogens with zero attached hydrogens (tertiary/aromatic N) is 2. The minimum atomic E-state index is -4.87. The first kappa shape index (κ1) is 32.5. The van der Waals surface area contributed by atoms with Gasteiger partial charge in [-0.3, -0.25) is 14.5 Å². The second-order valence-electron chi connectivity index (χ2n) is 12.7. The lowest BCUT2D eigenvalue weighted by atomic mass is 9.50. The highest BCUT2D eigenvalue weighted by atomic mass is 19.4. The number of piperidine rings is 2. The van der Waals surface area contributed by atoms with E-state index in [9.17, 15) is 45.8 Å². The maximum absolute atomic E-state index is 14.6. The summed E-state index contributed by atoms with van der Waals surface area (Å²) in [7, 11) is 1.40. The molecular weight excluding hydrogens is 628 g/mol. The van der Waals surface area contributed by atoms with Crippen LogP contribution in [0.15, 0.2) is 65.5 Å². The molecule has 4 aromatic rings. The molecule has 2 aliphatic rings. The molecule has 248 valence electrons. The Hall–Kier alpha value is -4.39. The molecule has 6 rings (SSSR count). The van der Waals surface area contributed by atoms with Crippen molar-refractivity contribution in [2.45, 2.75) is 38.2 Å². The highest BCUT2D eigenvalue weighted by Gasteiger charge is 2.60. The third-order valence-electron chi connectivity index (χ3n) is 10.0. The van der Waals surface area contributed by atoms with E-state index in [-0.39, 0.29) is 47.8 Å². The smallest absolute Gasteiger partial charge is 0.417 e. The van der Waals surface area contributed by atoms with Crippen molar-refractivity contribution in [1.29, 1.82) is 0 Å². The van der Waals surface area contributed by atoms with Gasteiger partial charge in [0.05, 0.1) is 28.6 Å². The van der Waals surface area contributed by atoms with Crippen LogP contribution in [0.1, 0.15) is 24.5 Å². The van der Waals surface area contributed by atoms with Crippen molar-refractivity contribution in [3.8, 4) is 11.1 Å². The minimum Gasteiger partial charge on any atom is -0.480 e. The summed E-state index contributed by atoms with van der Waals surface area (Å²) >= 11 is 0. The Kier molecular flexibility index (Phi) is 7.89. The van der Waals surface area contributed by atoms with Crippen LogP contribution in [-0.2, 0) is 29.2 Å². The highest BCUT2D eigenvalue weighted by molar-refractivity contribution is 6.02. The topological polar surface area (TPSA) is 91.6 Å². The van der Waals surface area contributed by atoms with E-state index in [4.69, 9.17) is 0 Å². The van der Waals surface area contributed by atoms with Gasteiger partial charge in [0, 0.05) is 31.9 Å². The molecule has 1 aromatic heterocycles. The second-order valence-corrected chi connectivity index (χ2v) is 12.7. The number of para-hydroxylation sites is 1. The van der Waals surface area contributed by atoms with E-state index in [0.29, 0.717) is 22.8 Å². The molecule has 1 saturated heterocycles. The maximum Gasteiger partial charge on any atom is 0.417 e. The lowest BCUT2D eigenvalue weighted by Gasteiger charge is -2.59. The van der Waals surface area contributed by atoms with Crippen molar-refractivity contribution in [3.63, 3.8) is 0 Å². The Balaban J connectivity index is 1.34. The van der Waals surface area contributed by atoms with Crippen molar-refractivity contribution in [2.24, 2.45) is 24.3 Å². The molecular formula is C34H31F6N3O4. The summed E-state index contributed by atoms with van der Waals surface area (Å²) in [5, 5.41) is 13.2. The molecule has 2 N–H and O–H groups in total. The summed E-state index contributed by atoms with van der Waals surface area (Å²) in [5.74, 6) is -2.65. The zero-order valence-corrected chi connectivity index (χ0v) is 25.4. The van der Waals surface area contributed by atoms with Crippen molar-refractivity contribution < 1.29 is 41.0 Å². The van der Waals surface area contributed by atoms with Gasteiger partial charge >= 0.3 is 18.3 Å². The van der Waals surface area contributed by atoms with Crippen LogP contribution < -0.4 is 10.9 Å². The molecule has 47 heavy (non-hydrogen) atoms. The number of fused-ring (bicyclic) bond motifs is 4. The number of likely N-dealkylation sites (tertiary alicyclic amines) is 1. The Labute approximate surface area is 264 Å². The molecule has 0 radical (unpaired) electrons. The highest BCUT2D eigenvalue weighted by Crippen LogP contribution is 2.55. The van der Waals surface area contributed by atoms with Gasteiger partial charge in [0.15, 0.2) is 0 Å². The molecule has 0 spiro atoms. The average molecular weight is 660 g/mol. The number of benzene rings is 3. The summed E-state index contributed by atoms with van der Waals surface area (Å²) in [6.07, 6.45) is -8.91. The van der Waals surface area contributed by atoms with Crippen LogP contribution in [-0.4, -0.2) is 58.3 Å².